The number of nitrogens with zero attached hydrogens (tertiary/aromatic N) is 1. The van der Waals surface area contributed by atoms with E-state index in [1.165, 1.54) is 18.9 Å². The zero-order chi connectivity index (χ0) is 29.7. The molecule has 0 spiro atoms. The number of hydrogen-bond donors (Lipinski definition) is 4. The monoisotopic (exact) mass is 552 g/mol. The van der Waals surface area contributed by atoms with E-state index in [1.807, 2.05) is 74.5 Å². The molecule has 218 valence electrons. The fourth-order valence-corrected chi connectivity index (χ4v) is 4.38. The molecule has 4 atom stereocenters. The predicted molar refractivity (Wildman–Crippen MR) is 157 cm³/mol. The zero-order valence-corrected chi connectivity index (χ0v) is 24.2. The predicted octanol–water partition coefficient (Wildman–Crippen LogP) is 2.52. The van der Waals surface area contributed by atoms with Gasteiger partial charge in [0.1, 0.15) is 24.4 Å². The number of primary amides is 1. The van der Waals surface area contributed by atoms with Crippen molar-refractivity contribution in [2.24, 2.45) is 11.7 Å². The van der Waals surface area contributed by atoms with Gasteiger partial charge in [-0.15, -0.1) is 0 Å². The molecule has 9 heteroatoms. The van der Waals surface area contributed by atoms with Crippen molar-refractivity contribution in [1.82, 2.24) is 15.5 Å². The first-order valence-electron chi connectivity index (χ1n) is 13.8. The van der Waals surface area contributed by atoms with Crippen LogP contribution in [-0.2, 0) is 20.8 Å². The molecule has 0 fully saturated rings. The highest BCUT2D eigenvalue weighted by Crippen LogP contribution is 2.19. The summed E-state index contributed by atoms with van der Waals surface area (Å²) in [6.45, 7) is 8.01. The Hall–Kier alpha value is -3.69. The second kappa shape index (κ2) is 16.4. The van der Waals surface area contributed by atoms with E-state index in [2.05, 4.69) is 23.6 Å². The largest absolute Gasteiger partial charge is 0.492 e. The molecular formula is C31H44N4O5. The van der Waals surface area contributed by atoms with Crippen LogP contribution in [0.4, 0.5) is 0 Å². The Bertz CT molecular complexity index is 1120. The summed E-state index contributed by atoms with van der Waals surface area (Å²) < 4.78 is 5.96. The third-order valence-corrected chi connectivity index (χ3v) is 6.54. The lowest BCUT2D eigenvalue weighted by Gasteiger charge is -2.34. The molecule has 0 saturated carbocycles. The SMILES string of the molecule is CCC=Cc1ccccc1OCCNC(C(=O)N(C)C(C(=O)NC(Cc1ccccc1)C(N)=O)C(C)O)C(C)C. The van der Waals surface area contributed by atoms with Crippen LogP contribution in [-0.4, -0.2) is 72.2 Å². The van der Waals surface area contributed by atoms with Gasteiger partial charge in [0.25, 0.3) is 0 Å². The molecule has 0 bridgehead atoms. The standard InChI is InChI=1S/C31H44N4O5/c1-6-7-15-24-16-11-12-17-26(24)40-19-18-33-27(21(2)3)31(39)35(5)28(22(4)36)30(38)34-25(29(32)37)20-23-13-9-8-10-14-23/h7-17,21-22,25,27-28,33,36H,6,18-20H2,1-5H3,(H2,32,37)(H,34,38). The van der Waals surface area contributed by atoms with Gasteiger partial charge in [-0.25, -0.2) is 0 Å². The zero-order valence-electron chi connectivity index (χ0n) is 24.2. The van der Waals surface area contributed by atoms with Gasteiger partial charge in [0.15, 0.2) is 0 Å². The van der Waals surface area contributed by atoms with Crippen LogP contribution in [0.3, 0.4) is 0 Å². The van der Waals surface area contributed by atoms with E-state index >= 15 is 0 Å². The molecule has 0 radical (unpaired) electrons. The second-order valence-electron chi connectivity index (χ2n) is 10.2. The Kier molecular flexibility index (Phi) is 13.4. The smallest absolute Gasteiger partial charge is 0.246 e. The number of aliphatic hydroxyl groups is 1. The quantitative estimate of drug-likeness (QED) is 0.237. The average molecular weight is 553 g/mol. The van der Waals surface area contributed by atoms with Gasteiger partial charge in [0.2, 0.25) is 17.7 Å². The van der Waals surface area contributed by atoms with Crippen LogP contribution in [0.2, 0.25) is 0 Å². The maximum atomic E-state index is 13.5. The van der Waals surface area contributed by atoms with Crippen molar-refractivity contribution in [2.45, 2.75) is 64.8 Å². The summed E-state index contributed by atoms with van der Waals surface area (Å²) >= 11 is 0. The Morgan fingerprint density at radius 2 is 1.70 bits per heavy atom. The Morgan fingerprint density at radius 1 is 1.05 bits per heavy atom. The number of carbonyl (C=O) groups is 3. The molecule has 0 aliphatic heterocycles. The lowest BCUT2D eigenvalue weighted by molar-refractivity contribution is -0.145. The Morgan fingerprint density at radius 3 is 2.30 bits per heavy atom. The minimum Gasteiger partial charge on any atom is -0.492 e. The van der Waals surface area contributed by atoms with Crippen LogP contribution in [0, 0.1) is 5.92 Å². The first kappa shape index (κ1) is 32.5. The van der Waals surface area contributed by atoms with E-state index < -0.39 is 36.0 Å². The number of para-hydroxylation sites is 1. The van der Waals surface area contributed by atoms with Gasteiger partial charge in [-0.2, -0.15) is 0 Å². The van der Waals surface area contributed by atoms with Crippen molar-refractivity contribution in [3.63, 3.8) is 0 Å². The fraction of sp³-hybridized carbons (Fsp3) is 0.452. The van der Waals surface area contributed by atoms with Crippen molar-refractivity contribution >= 4 is 23.8 Å². The van der Waals surface area contributed by atoms with Crippen molar-refractivity contribution < 1.29 is 24.2 Å². The van der Waals surface area contributed by atoms with Gasteiger partial charge in [0.05, 0.1) is 12.1 Å². The highest BCUT2D eigenvalue weighted by molar-refractivity contribution is 5.93. The van der Waals surface area contributed by atoms with Crippen molar-refractivity contribution in [2.75, 3.05) is 20.2 Å². The van der Waals surface area contributed by atoms with Gasteiger partial charge in [-0.05, 0) is 30.9 Å². The molecule has 4 unspecified atom stereocenters. The molecule has 0 aromatic heterocycles. The fourth-order valence-electron chi connectivity index (χ4n) is 4.38. The number of benzene rings is 2. The molecule has 2 aromatic rings. The second-order valence-corrected chi connectivity index (χ2v) is 10.2. The Balaban J connectivity index is 2.06. The number of carbonyl (C=O) groups excluding carboxylic acids is 3. The third-order valence-electron chi connectivity index (χ3n) is 6.54. The highest BCUT2D eigenvalue weighted by Gasteiger charge is 2.36. The summed E-state index contributed by atoms with van der Waals surface area (Å²) in [5.74, 6) is -1.08. The highest BCUT2D eigenvalue weighted by atomic mass is 16.5. The normalized spacial score (nSPS) is 14.4. The number of rotatable bonds is 16. The van der Waals surface area contributed by atoms with Crippen LogP contribution in [0.5, 0.6) is 5.75 Å². The Labute approximate surface area is 237 Å². The third kappa shape index (κ3) is 9.81. The molecule has 5 N–H and O–H groups in total. The van der Waals surface area contributed by atoms with E-state index in [9.17, 15) is 19.5 Å². The number of nitrogens with one attached hydrogen (secondary N) is 2. The molecule has 9 nitrogen and oxygen atoms in total. The first-order valence-corrected chi connectivity index (χ1v) is 13.8. The number of aliphatic hydroxyl groups excluding tert-OH is 1. The lowest BCUT2D eigenvalue weighted by atomic mass is 10.0. The van der Waals surface area contributed by atoms with Crippen LogP contribution in [0.1, 0.15) is 45.2 Å². The van der Waals surface area contributed by atoms with Crippen LogP contribution >= 0.6 is 0 Å². The van der Waals surface area contributed by atoms with E-state index in [1.54, 1.807) is 0 Å². The van der Waals surface area contributed by atoms with Gasteiger partial charge in [0, 0.05) is 25.6 Å². The van der Waals surface area contributed by atoms with E-state index in [-0.39, 0.29) is 18.2 Å². The minimum atomic E-state index is -1.22. The summed E-state index contributed by atoms with van der Waals surface area (Å²) in [4.78, 5) is 40.1. The van der Waals surface area contributed by atoms with E-state index in [0.717, 1.165) is 23.3 Å². The maximum absolute atomic E-state index is 13.5. The van der Waals surface area contributed by atoms with E-state index in [4.69, 9.17) is 10.5 Å². The summed E-state index contributed by atoms with van der Waals surface area (Å²) in [6.07, 6.45) is 4.00. The first-order chi connectivity index (χ1) is 19.1. The van der Waals surface area contributed by atoms with Crippen LogP contribution < -0.4 is 21.1 Å². The number of allylic oxidation sites excluding steroid dienone is 1. The molecule has 2 aromatic carbocycles. The number of likely N-dealkylation sites (N-methyl/N-ethyl adjacent to an activating group) is 1. The van der Waals surface area contributed by atoms with E-state index in [0.29, 0.717) is 13.2 Å². The molecule has 0 saturated heterocycles. The minimum absolute atomic E-state index is 0.108. The topological polar surface area (TPSA) is 134 Å². The van der Waals surface area contributed by atoms with Crippen LogP contribution in [0.25, 0.3) is 6.08 Å². The molecule has 40 heavy (non-hydrogen) atoms. The van der Waals surface area contributed by atoms with Crippen LogP contribution in [0.15, 0.2) is 60.7 Å². The molecule has 3 amide bonds. The number of amides is 3. The molecule has 2 rings (SSSR count). The molecular weight excluding hydrogens is 508 g/mol. The summed E-state index contributed by atoms with van der Waals surface area (Å²) in [5, 5.41) is 16.3. The number of hydrogen-bond acceptors (Lipinski definition) is 6. The average Bonchev–Trinajstić information content (AvgIpc) is 2.91. The van der Waals surface area contributed by atoms with Gasteiger partial charge in [-0.3, -0.25) is 14.4 Å². The van der Waals surface area contributed by atoms with Crippen molar-refractivity contribution in [1.29, 1.82) is 0 Å². The molecule has 0 heterocycles. The van der Waals surface area contributed by atoms with Gasteiger partial charge >= 0.3 is 0 Å². The van der Waals surface area contributed by atoms with Gasteiger partial charge < -0.3 is 31.1 Å². The summed E-state index contributed by atoms with van der Waals surface area (Å²) in [6, 6.07) is 14.0. The van der Waals surface area contributed by atoms with Crippen molar-refractivity contribution in [3.05, 3.63) is 71.8 Å². The maximum Gasteiger partial charge on any atom is 0.246 e. The van der Waals surface area contributed by atoms with Gasteiger partial charge in [-0.1, -0.05) is 81.5 Å². The molecule has 0 aliphatic carbocycles. The van der Waals surface area contributed by atoms with Crippen molar-refractivity contribution in [3.8, 4) is 5.75 Å². The number of nitrogens with two attached hydrogens (primary N) is 1. The number of ether oxygens (including phenoxy) is 1. The summed E-state index contributed by atoms with van der Waals surface area (Å²) in [5.41, 5.74) is 7.35. The lowest BCUT2D eigenvalue weighted by Crippen LogP contribution is -2.60. The summed E-state index contributed by atoms with van der Waals surface area (Å²) in [7, 11) is 1.47. The molecule has 0 aliphatic rings.